The van der Waals surface area contributed by atoms with Crippen LogP contribution >= 0.6 is 11.6 Å². The topological polar surface area (TPSA) is 22.1 Å². The van der Waals surface area contributed by atoms with Crippen molar-refractivity contribution in [1.29, 1.82) is 0 Å². The van der Waals surface area contributed by atoms with Crippen LogP contribution in [0.5, 0.6) is 0 Å². The predicted octanol–water partition coefficient (Wildman–Crippen LogP) is 4.82. The first-order valence-electron chi connectivity index (χ1n) is 6.45. The third-order valence-corrected chi connectivity index (χ3v) is 8.35. The summed E-state index contributed by atoms with van der Waals surface area (Å²) in [5, 5.41) is 0.792. The Morgan fingerprint density at radius 1 is 1.28 bits per heavy atom. The summed E-state index contributed by atoms with van der Waals surface area (Å²) in [7, 11) is -1.70. The molecule has 1 rings (SSSR count). The summed E-state index contributed by atoms with van der Waals surface area (Å²) in [5.41, 5.74) is 2.15. The summed E-state index contributed by atoms with van der Waals surface area (Å²) in [4.78, 5) is 4.27. The second-order valence-corrected chi connectivity index (χ2v) is 11.4. The number of aryl methyl sites for hydroxylation is 1. The Hall–Kier alpha value is -0.383. The second kappa shape index (κ2) is 5.72. The van der Waals surface area contributed by atoms with Crippen molar-refractivity contribution < 1.29 is 4.43 Å². The van der Waals surface area contributed by atoms with E-state index < -0.39 is 8.32 Å². The molecule has 0 atom stereocenters. The fraction of sp³-hybridized carbons (Fsp3) is 0.643. The largest absolute Gasteiger partial charge is 0.413 e. The van der Waals surface area contributed by atoms with Crippen molar-refractivity contribution in [3.63, 3.8) is 0 Å². The van der Waals surface area contributed by atoms with Crippen LogP contribution < -0.4 is 0 Å². The standard InChI is InChI=1S/C14H24ClNOSi/c1-7-12-8-11(9-13(15)16-12)10-17-18(5,6)14(2,3)4/h8-9H,7,10H2,1-6H3. The van der Waals surface area contributed by atoms with Crippen LogP contribution in [0, 0.1) is 0 Å². The van der Waals surface area contributed by atoms with Crippen LogP contribution in [0.3, 0.4) is 0 Å². The van der Waals surface area contributed by atoms with Gasteiger partial charge in [-0.2, -0.15) is 0 Å². The first-order chi connectivity index (χ1) is 8.15. The van der Waals surface area contributed by atoms with Gasteiger partial charge in [0.05, 0.1) is 6.61 Å². The molecule has 1 aromatic rings. The van der Waals surface area contributed by atoms with E-state index in [4.69, 9.17) is 16.0 Å². The molecule has 4 heteroatoms. The highest BCUT2D eigenvalue weighted by molar-refractivity contribution is 6.74. The summed E-state index contributed by atoms with van der Waals surface area (Å²) >= 11 is 6.01. The molecule has 1 heterocycles. The third kappa shape index (κ3) is 4.07. The van der Waals surface area contributed by atoms with Gasteiger partial charge in [0.2, 0.25) is 0 Å². The van der Waals surface area contributed by atoms with Gasteiger partial charge in [0, 0.05) is 5.69 Å². The average Bonchev–Trinajstić information content (AvgIpc) is 2.24. The van der Waals surface area contributed by atoms with Crippen molar-refractivity contribution in [2.45, 2.75) is 58.9 Å². The Kier molecular flexibility index (Phi) is 4.98. The molecule has 0 aliphatic heterocycles. The lowest BCUT2D eigenvalue weighted by molar-refractivity contribution is 0.276. The number of rotatable bonds is 4. The molecule has 102 valence electrons. The molecule has 0 bridgehead atoms. The maximum absolute atomic E-state index is 6.19. The SMILES string of the molecule is CCc1cc(CO[Si](C)(C)C(C)(C)C)cc(Cl)n1. The van der Waals surface area contributed by atoms with Crippen LogP contribution in [0.25, 0.3) is 0 Å². The number of pyridine rings is 1. The van der Waals surface area contributed by atoms with Crippen molar-refractivity contribution in [2.24, 2.45) is 0 Å². The predicted molar refractivity (Wildman–Crippen MR) is 80.6 cm³/mol. The van der Waals surface area contributed by atoms with Crippen molar-refractivity contribution in [2.75, 3.05) is 0 Å². The molecule has 0 fully saturated rings. The number of halogens is 1. The molecule has 0 unspecified atom stereocenters. The van der Waals surface area contributed by atoms with Gasteiger partial charge in [-0.05, 0) is 42.2 Å². The maximum atomic E-state index is 6.19. The molecule has 0 radical (unpaired) electrons. The molecular formula is C14H24ClNOSi. The van der Waals surface area contributed by atoms with Crippen LogP contribution in [-0.2, 0) is 17.5 Å². The number of aromatic nitrogens is 1. The van der Waals surface area contributed by atoms with E-state index in [9.17, 15) is 0 Å². The fourth-order valence-electron chi connectivity index (χ4n) is 1.36. The number of hydrogen-bond acceptors (Lipinski definition) is 2. The summed E-state index contributed by atoms with van der Waals surface area (Å²) in [6.07, 6.45) is 0.896. The van der Waals surface area contributed by atoms with E-state index in [-0.39, 0.29) is 5.04 Å². The molecule has 0 spiro atoms. The average molecular weight is 286 g/mol. The summed E-state index contributed by atoms with van der Waals surface area (Å²) < 4.78 is 6.19. The van der Waals surface area contributed by atoms with Gasteiger partial charge < -0.3 is 4.43 Å². The van der Waals surface area contributed by atoms with Gasteiger partial charge in [0.25, 0.3) is 0 Å². The summed E-state index contributed by atoms with van der Waals surface area (Å²) in [6.45, 7) is 14.0. The van der Waals surface area contributed by atoms with E-state index in [2.05, 4.69) is 51.8 Å². The number of hydrogen-bond donors (Lipinski definition) is 0. The van der Waals surface area contributed by atoms with Crippen molar-refractivity contribution >= 4 is 19.9 Å². The molecule has 0 aliphatic carbocycles. The molecule has 0 aromatic carbocycles. The highest BCUT2D eigenvalue weighted by Crippen LogP contribution is 2.37. The van der Waals surface area contributed by atoms with Gasteiger partial charge in [0.15, 0.2) is 8.32 Å². The van der Waals surface area contributed by atoms with E-state index in [1.165, 1.54) is 0 Å². The van der Waals surface area contributed by atoms with E-state index >= 15 is 0 Å². The van der Waals surface area contributed by atoms with E-state index in [0.717, 1.165) is 17.7 Å². The molecule has 1 aromatic heterocycles. The van der Waals surface area contributed by atoms with Crippen LogP contribution in [0.4, 0.5) is 0 Å². The van der Waals surface area contributed by atoms with E-state index in [1.807, 2.05) is 6.07 Å². The normalized spacial score (nSPS) is 12.8. The molecule has 0 N–H and O–H groups in total. The first kappa shape index (κ1) is 15.7. The van der Waals surface area contributed by atoms with Crippen molar-refractivity contribution in [3.05, 3.63) is 28.5 Å². The monoisotopic (exact) mass is 285 g/mol. The first-order valence-corrected chi connectivity index (χ1v) is 9.73. The van der Waals surface area contributed by atoms with Gasteiger partial charge in [-0.15, -0.1) is 0 Å². The van der Waals surface area contributed by atoms with Gasteiger partial charge in [-0.25, -0.2) is 4.98 Å². The van der Waals surface area contributed by atoms with E-state index in [1.54, 1.807) is 0 Å². The molecule has 2 nitrogen and oxygen atoms in total. The zero-order valence-corrected chi connectivity index (χ0v) is 14.1. The zero-order chi connectivity index (χ0) is 14.0. The Bertz CT molecular complexity index is 413. The van der Waals surface area contributed by atoms with Gasteiger partial charge in [-0.1, -0.05) is 39.3 Å². The molecule has 18 heavy (non-hydrogen) atoms. The molecule has 0 amide bonds. The van der Waals surface area contributed by atoms with Crippen LogP contribution in [0.15, 0.2) is 12.1 Å². The van der Waals surface area contributed by atoms with Crippen LogP contribution in [0.2, 0.25) is 23.3 Å². The molecular weight excluding hydrogens is 262 g/mol. The lowest BCUT2D eigenvalue weighted by Gasteiger charge is -2.36. The highest BCUT2D eigenvalue weighted by Gasteiger charge is 2.37. The Morgan fingerprint density at radius 2 is 1.89 bits per heavy atom. The Morgan fingerprint density at radius 3 is 2.39 bits per heavy atom. The number of nitrogens with zero attached hydrogens (tertiary/aromatic N) is 1. The van der Waals surface area contributed by atoms with Gasteiger partial charge in [0.1, 0.15) is 5.15 Å². The van der Waals surface area contributed by atoms with Crippen molar-refractivity contribution in [1.82, 2.24) is 4.98 Å². The smallest absolute Gasteiger partial charge is 0.192 e. The second-order valence-electron chi connectivity index (χ2n) is 6.19. The molecule has 0 saturated heterocycles. The quantitative estimate of drug-likeness (QED) is 0.584. The maximum Gasteiger partial charge on any atom is 0.192 e. The van der Waals surface area contributed by atoms with Gasteiger partial charge in [-0.3, -0.25) is 0 Å². The highest BCUT2D eigenvalue weighted by atomic mass is 35.5. The third-order valence-electron chi connectivity index (χ3n) is 3.68. The van der Waals surface area contributed by atoms with E-state index in [0.29, 0.717) is 11.8 Å². The summed E-state index contributed by atoms with van der Waals surface area (Å²) in [6, 6.07) is 3.98. The minimum Gasteiger partial charge on any atom is -0.413 e. The fourth-order valence-corrected chi connectivity index (χ4v) is 2.56. The Balaban J connectivity index is 2.78. The lowest BCUT2D eigenvalue weighted by atomic mass is 10.2. The summed E-state index contributed by atoms with van der Waals surface area (Å²) in [5.74, 6) is 0. The van der Waals surface area contributed by atoms with Gasteiger partial charge >= 0.3 is 0 Å². The minimum atomic E-state index is -1.70. The molecule has 0 saturated carbocycles. The van der Waals surface area contributed by atoms with Crippen molar-refractivity contribution in [3.8, 4) is 0 Å². The lowest BCUT2D eigenvalue weighted by Crippen LogP contribution is -2.40. The molecule has 0 aliphatic rings. The zero-order valence-electron chi connectivity index (χ0n) is 12.3. The van der Waals surface area contributed by atoms with Crippen LogP contribution in [0.1, 0.15) is 39.0 Å². The minimum absolute atomic E-state index is 0.234. The Labute approximate surface area is 117 Å². The van der Waals surface area contributed by atoms with Crippen LogP contribution in [-0.4, -0.2) is 13.3 Å².